The summed E-state index contributed by atoms with van der Waals surface area (Å²) in [6.07, 6.45) is 1.99. The van der Waals surface area contributed by atoms with Crippen LogP contribution in [0, 0.1) is 3.57 Å². The molecule has 0 aliphatic carbocycles. The Morgan fingerprint density at radius 1 is 0.778 bits per heavy atom. The molecule has 0 aliphatic heterocycles. The van der Waals surface area contributed by atoms with E-state index in [-0.39, 0.29) is 0 Å². The zero-order valence-corrected chi connectivity index (χ0v) is 12.5. The van der Waals surface area contributed by atoms with Crippen LogP contribution >= 0.6 is 22.6 Å². The first kappa shape index (κ1) is 13.6. The van der Waals surface area contributed by atoms with Crippen LogP contribution in [-0.2, 0) is 17.6 Å². The smallest absolute Gasteiger partial charge is 0.0506 e. The molecule has 2 aromatic rings. The van der Waals surface area contributed by atoms with Gasteiger partial charge in [0.15, 0.2) is 0 Å². The molecule has 0 atom stereocenters. The van der Waals surface area contributed by atoms with E-state index in [1.807, 2.05) is 6.07 Å². The molecule has 0 spiro atoms. The number of ether oxygens (including phenoxy) is 1. The van der Waals surface area contributed by atoms with Crippen molar-refractivity contribution in [2.75, 3.05) is 13.2 Å². The summed E-state index contributed by atoms with van der Waals surface area (Å²) < 4.78 is 7.01. The molecule has 0 saturated carbocycles. The minimum atomic E-state index is 0.798. The van der Waals surface area contributed by atoms with Crippen LogP contribution in [0.25, 0.3) is 0 Å². The van der Waals surface area contributed by atoms with Gasteiger partial charge in [0, 0.05) is 3.57 Å². The number of hydrogen-bond donors (Lipinski definition) is 0. The highest BCUT2D eigenvalue weighted by Crippen LogP contribution is 2.12. The van der Waals surface area contributed by atoms with E-state index in [0.29, 0.717) is 0 Å². The minimum Gasteiger partial charge on any atom is -0.381 e. The van der Waals surface area contributed by atoms with Gasteiger partial charge in [0.2, 0.25) is 0 Å². The van der Waals surface area contributed by atoms with Crippen LogP contribution in [0.1, 0.15) is 11.1 Å². The highest BCUT2D eigenvalue weighted by Gasteiger charge is 1.98. The summed E-state index contributed by atoms with van der Waals surface area (Å²) in [6.45, 7) is 1.60. The molecule has 0 saturated heterocycles. The number of rotatable bonds is 6. The van der Waals surface area contributed by atoms with Crippen molar-refractivity contribution in [3.05, 3.63) is 69.3 Å². The molecule has 2 aromatic carbocycles. The van der Waals surface area contributed by atoms with Gasteiger partial charge in [-0.2, -0.15) is 0 Å². The Balaban J connectivity index is 1.66. The molecular formula is C16H17IO. The van der Waals surface area contributed by atoms with Crippen molar-refractivity contribution in [2.45, 2.75) is 12.8 Å². The predicted molar refractivity (Wildman–Crippen MR) is 83.8 cm³/mol. The Labute approximate surface area is 122 Å². The second-order valence-electron chi connectivity index (χ2n) is 4.19. The van der Waals surface area contributed by atoms with Crippen molar-refractivity contribution in [3.8, 4) is 0 Å². The molecule has 2 rings (SSSR count). The van der Waals surface area contributed by atoms with Gasteiger partial charge in [-0.15, -0.1) is 0 Å². The fourth-order valence-corrected chi connectivity index (χ4v) is 2.48. The number of halogens is 1. The van der Waals surface area contributed by atoms with Crippen LogP contribution in [0.3, 0.4) is 0 Å². The molecule has 18 heavy (non-hydrogen) atoms. The molecule has 0 bridgehead atoms. The second kappa shape index (κ2) is 7.54. The topological polar surface area (TPSA) is 9.23 Å². The van der Waals surface area contributed by atoms with Crippen molar-refractivity contribution < 1.29 is 4.74 Å². The maximum absolute atomic E-state index is 5.69. The summed E-state index contributed by atoms with van der Waals surface area (Å²) in [7, 11) is 0. The fourth-order valence-electron chi connectivity index (χ4n) is 1.82. The zero-order chi connectivity index (χ0) is 12.6. The van der Waals surface area contributed by atoms with Gasteiger partial charge in [0.05, 0.1) is 13.2 Å². The van der Waals surface area contributed by atoms with Crippen LogP contribution in [-0.4, -0.2) is 13.2 Å². The Bertz CT molecular complexity index is 468. The Morgan fingerprint density at radius 2 is 1.44 bits per heavy atom. The molecule has 1 nitrogen and oxygen atoms in total. The fraction of sp³-hybridized carbons (Fsp3) is 0.250. The third-order valence-corrected chi connectivity index (χ3v) is 3.90. The summed E-state index contributed by atoms with van der Waals surface area (Å²) >= 11 is 2.38. The Morgan fingerprint density at radius 3 is 2.22 bits per heavy atom. The van der Waals surface area contributed by atoms with E-state index in [9.17, 15) is 0 Å². The summed E-state index contributed by atoms with van der Waals surface area (Å²) in [6, 6.07) is 18.9. The van der Waals surface area contributed by atoms with Crippen molar-refractivity contribution in [1.82, 2.24) is 0 Å². The van der Waals surface area contributed by atoms with Gasteiger partial charge >= 0.3 is 0 Å². The van der Waals surface area contributed by atoms with Gasteiger partial charge in [0.25, 0.3) is 0 Å². The van der Waals surface area contributed by atoms with Gasteiger partial charge in [-0.1, -0.05) is 48.5 Å². The molecular weight excluding hydrogens is 335 g/mol. The van der Waals surface area contributed by atoms with Gasteiger partial charge in [-0.3, -0.25) is 0 Å². The van der Waals surface area contributed by atoms with Crippen molar-refractivity contribution in [2.24, 2.45) is 0 Å². The molecule has 0 aliphatic rings. The van der Waals surface area contributed by atoms with E-state index < -0.39 is 0 Å². The summed E-state index contributed by atoms with van der Waals surface area (Å²) in [5.41, 5.74) is 2.71. The van der Waals surface area contributed by atoms with Crippen LogP contribution in [0.15, 0.2) is 54.6 Å². The molecule has 94 valence electrons. The van der Waals surface area contributed by atoms with Crippen LogP contribution in [0.4, 0.5) is 0 Å². The largest absolute Gasteiger partial charge is 0.381 e. The molecule has 2 heteroatoms. The molecule has 0 fully saturated rings. The van der Waals surface area contributed by atoms with E-state index in [1.165, 1.54) is 14.7 Å². The van der Waals surface area contributed by atoms with Crippen molar-refractivity contribution in [1.29, 1.82) is 0 Å². The molecule has 0 aromatic heterocycles. The summed E-state index contributed by atoms with van der Waals surface area (Å²) in [4.78, 5) is 0. The lowest BCUT2D eigenvalue weighted by Crippen LogP contribution is -2.03. The average molecular weight is 352 g/mol. The highest BCUT2D eigenvalue weighted by atomic mass is 127. The van der Waals surface area contributed by atoms with Crippen molar-refractivity contribution in [3.63, 3.8) is 0 Å². The number of hydrogen-bond acceptors (Lipinski definition) is 1. The zero-order valence-electron chi connectivity index (χ0n) is 10.3. The normalized spacial score (nSPS) is 10.5. The molecule has 0 N–H and O–H groups in total. The first-order chi connectivity index (χ1) is 8.86. The summed E-state index contributed by atoms with van der Waals surface area (Å²) in [5.74, 6) is 0. The Kier molecular flexibility index (Phi) is 5.68. The molecule has 0 amide bonds. The van der Waals surface area contributed by atoms with Gasteiger partial charge in [0.1, 0.15) is 0 Å². The maximum atomic E-state index is 5.69. The Hall–Kier alpha value is -0.870. The van der Waals surface area contributed by atoms with E-state index in [0.717, 1.165) is 26.1 Å². The minimum absolute atomic E-state index is 0.798. The van der Waals surface area contributed by atoms with Crippen LogP contribution < -0.4 is 0 Å². The van der Waals surface area contributed by atoms with Gasteiger partial charge in [-0.25, -0.2) is 0 Å². The van der Waals surface area contributed by atoms with Crippen LogP contribution in [0.5, 0.6) is 0 Å². The predicted octanol–water partition coefficient (Wildman–Crippen LogP) is 4.09. The van der Waals surface area contributed by atoms with Crippen LogP contribution in [0.2, 0.25) is 0 Å². The van der Waals surface area contributed by atoms with E-state index in [4.69, 9.17) is 4.74 Å². The monoisotopic (exact) mass is 352 g/mol. The molecule has 0 radical (unpaired) electrons. The average Bonchev–Trinajstić information content (AvgIpc) is 2.42. The van der Waals surface area contributed by atoms with E-state index >= 15 is 0 Å². The quantitative estimate of drug-likeness (QED) is 0.562. The highest BCUT2D eigenvalue weighted by molar-refractivity contribution is 14.1. The maximum Gasteiger partial charge on any atom is 0.0506 e. The lowest BCUT2D eigenvalue weighted by molar-refractivity contribution is 0.140. The number of benzene rings is 2. The first-order valence-corrected chi connectivity index (χ1v) is 7.29. The summed E-state index contributed by atoms with van der Waals surface area (Å²) in [5, 5.41) is 0. The second-order valence-corrected chi connectivity index (χ2v) is 5.35. The lowest BCUT2D eigenvalue weighted by atomic mass is 10.1. The van der Waals surface area contributed by atoms with E-state index in [1.54, 1.807) is 0 Å². The molecule has 0 unspecified atom stereocenters. The lowest BCUT2D eigenvalue weighted by Gasteiger charge is -2.06. The van der Waals surface area contributed by atoms with Gasteiger partial charge < -0.3 is 4.74 Å². The third-order valence-electron chi connectivity index (χ3n) is 2.85. The van der Waals surface area contributed by atoms with Gasteiger partial charge in [-0.05, 0) is 52.6 Å². The molecule has 0 heterocycles. The van der Waals surface area contributed by atoms with Crippen molar-refractivity contribution >= 4 is 22.6 Å². The SMILES string of the molecule is Ic1ccccc1CCOCCc1ccccc1. The first-order valence-electron chi connectivity index (χ1n) is 6.21. The standard InChI is InChI=1S/C16H17IO/c17-16-9-5-4-8-15(16)11-13-18-12-10-14-6-2-1-3-7-14/h1-9H,10-13H2. The third kappa shape index (κ3) is 4.42. The van der Waals surface area contributed by atoms with E-state index in [2.05, 4.69) is 71.1 Å².